The van der Waals surface area contributed by atoms with Crippen LogP contribution in [0.25, 0.3) is 0 Å². The lowest BCUT2D eigenvalue weighted by molar-refractivity contribution is -0.138. The summed E-state index contributed by atoms with van der Waals surface area (Å²) in [6.07, 6.45) is -9.76. The maximum atomic E-state index is 15.0. The molecule has 6 amide bonds. The van der Waals surface area contributed by atoms with Crippen molar-refractivity contribution in [1.82, 2.24) is 10.6 Å². The molecular formula is C38H32Cl2F6N6O4. The topological polar surface area (TPSA) is 137 Å². The molecule has 0 saturated carbocycles. The Morgan fingerprint density at radius 1 is 0.732 bits per heavy atom. The number of amides is 6. The molecule has 6 rings (SSSR count). The molecule has 56 heavy (non-hydrogen) atoms. The first-order chi connectivity index (χ1) is 26.2. The van der Waals surface area contributed by atoms with Crippen molar-refractivity contribution in [3.05, 3.63) is 122 Å². The van der Waals surface area contributed by atoms with Gasteiger partial charge < -0.3 is 31.5 Å². The van der Waals surface area contributed by atoms with Crippen molar-refractivity contribution in [2.45, 2.75) is 63.2 Å². The zero-order valence-corrected chi connectivity index (χ0v) is 30.9. The Bertz CT molecular complexity index is 2220. The molecule has 4 atom stereocenters. The first-order valence-electron chi connectivity index (χ1n) is 17.0. The molecule has 18 heteroatoms. The van der Waals surface area contributed by atoms with Crippen molar-refractivity contribution in [2.24, 2.45) is 5.73 Å². The third-order valence-corrected chi connectivity index (χ3v) is 10.2. The van der Waals surface area contributed by atoms with Crippen molar-refractivity contribution >= 4 is 64.1 Å². The molecule has 0 aliphatic carbocycles. The minimum absolute atomic E-state index is 0.00331. The van der Waals surface area contributed by atoms with Crippen LogP contribution in [0.5, 0.6) is 0 Å². The highest BCUT2D eigenvalue weighted by Gasteiger charge is 2.43. The predicted molar refractivity (Wildman–Crippen MR) is 197 cm³/mol. The molecule has 0 spiro atoms. The van der Waals surface area contributed by atoms with Crippen LogP contribution >= 0.6 is 23.2 Å². The molecule has 294 valence electrons. The van der Waals surface area contributed by atoms with Gasteiger partial charge in [0.05, 0.1) is 28.9 Å². The highest BCUT2D eigenvalue weighted by molar-refractivity contribution is 6.31. The maximum absolute atomic E-state index is 15.0. The lowest BCUT2D eigenvalue weighted by atomic mass is 9.92. The number of halogens is 8. The minimum Gasteiger partial charge on any atom is -0.352 e. The molecule has 2 aliphatic heterocycles. The first-order valence-corrected chi connectivity index (χ1v) is 17.7. The van der Waals surface area contributed by atoms with Crippen LogP contribution < -0.4 is 31.5 Å². The number of anilines is 3. The highest BCUT2D eigenvalue weighted by Crippen LogP contribution is 2.44. The number of nitrogens with two attached hydrogens (primary N) is 1. The van der Waals surface area contributed by atoms with E-state index in [4.69, 9.17) is 28.9 Å². The molecule has 2 aliphatic rings. The normalized spacial score (nSPS) is 18.1. The van der Waals surface area contributed by atoms with Crippen LogP contribution in [0, 0.1) is 0 Å². The van der Waals surface area contributed by atoms with Crippen molar-refractivity contribution in [3.63, 3.8) is 0 Å². The van der Waals surface area contributed by atoms with Crippen LogP contribution in [-0.4, -0.2) is 36.0 Å². The van der Waals surface area contributed by atoms with Gasteiger partial charge in [-0.1, -0.05) is 59.6 Å². The van der Waals surface area contributed by atoms with Gasteiger partial charge in [0.2, 0.25) is 0 Å². The summed E-state index contributed by atoms with van der Waals surface area (Å²) in [5.41, 5.74) is 3.93. The molecule has 10 nitrogen and oxygen atoms in total. The van der Waals surface area contributed by atoms with Crippen LogP contribution in [0.3, 0.4) is 0 Å². The number of fused-ring (bicyclic) bond motifs is 2. The fourth-order valence-electron chi connectivity index (χ4n) is 7.15. The largest absolute Gasteiger partial charge is 0.418 e. The number of hydrogen-bond donors (Lipinski definition) is 4. The summed E-state index contributed by atoms with van der Waals surface area (Å²) in [4.78, 5) is 55.3. The van der Waals surface area contributed by atoms with E-state index in [1.165, 1.54) is 48.2 Å². The smallest absolute Gasteiger partial charge is 0.352 e. The van der Waals surface area contributed by atoms with Crippen LogP contribution in [0.4, 0.5) is 53.0 Å². The number of hydrogen-bond acceptors (Lipinski definition) is 4. The van der Waals surface area contributed by atoms with Crippen LogP contribution in [0.2, 0.25) is 10.0 Å². The van der Waals surface area contributed by atoms with Crippen LogP contribution in [-0.2, 0) is 34.8 Å². The number of rotatable bonds is 7. The lowest BCUT2D eigenvalue weighted by Crippen LogP contribution is -2.54. The monoisotopic (exact) mass is 820 g/mol. The summed E-state index contributed by atoms with van der Waals surface area (Å²) < 4.78 is 84.8. The molecule has 0 radical (unpaired) electrons. The number of alkyl halides is 6. The van der Waals surface area contributed by atoms with E-state index in [2.05, 4.69) is 16.0 Å². The molecule has 0 fully saturated rings. The zero-order valence-electron chi connectivity index (χ0n) is 29.4. The van der Waals surface area contributed by atoms with E-state index in [1.807, 2.05) is 0 Å². The number of nitrogens with zero attached hydrogens (tertiary/aromatic N) is 2. The average Bonchev–Trinajstić information content (AvgIpc) is 3.11. The Balaban J connectivity index is 1.30. The summed E-state index contributed by atoms with van der Waals surface area (Å²) in [7, 11) is 0. The first kappa shape index (κ1) is 40.2. The molecule has 4 aromatic carbocycles. The standard InChI is InChI=1S/C38H32Cl2F6N6O4/c1-18(20-6-10-23(11-7-20)37(41,42)43)51-30-16-24(39)13-9-22(30)15-29(34(51)54)50-36(56)49-27-5-3-4-26(32(27)38(44,45)46)19(2)52-31-17-25(40)12-8-21(31)14-28(33(52)53)48-35(47)55/h3-13,16-19,28-29H,14-15H2,1-2H3,(H3,47,48,55)(H2,49,50,56)/t18-,19-,28+,29+/m0/s1. The van der Waals surface area contributed by atoms with Crippen molar-refractivity contribution in [1.29, 1.82) is 0 Å². The number of urea groups is 2. The average molecular weight is 822 g/mol. The number of carbonyl (C=O) groups is 4. The van der Waals surface area contributed by atoms with Gasteiger partial charge in [0.15, 0.2) is 0 Å². The second kappa shape index (κ2) is 15.2. The molecule has 0 bridgehead atoms. The number of carbonyl (C=O) groups excluding carboxylic acids is 4. The quantitative estimate of drug-likeness (QED) is 0.139. The second-order valence-electron chi connectivity index (χ2n) is 13.3. The summed E-state index contributed by atoms with van der Waals surface area (Å²) >= 11 is 12.5. The summed E-state index contributed by atoms with van der Waals surface area (Å²) in [6, 6.07) is 9.90. The van der Waals surface area contributed by atoms with Gasteiger partial charge in [-0.15, -0.1) is 0 Å². The Kier molecular flexibility index (Phi) is 10.9. The third-order valence-electron chi connectivity index (χ3n) is 9.73. The Hall–Kier alpha value is -5.48. The fraction of sp³-hybridized carbons (Fsp3) is 0.263. The third kappa shape index (κ3) is 8.07. The molecular weight excluding hydrogens is 789 g/mol. The second-order valence-corrected chi connectivity index (χ2v) is 14.2. The van der Waals surface area contributed by atoms with Gasteiger partial charge in [-0.3, -0.25) is 9.59 Å². The summed E-state index contributed by atoms with van der Waals surface area (Å²) in [5.74, 6) is -1.44. The molecule has 0 aromatic heterocycles. The van der Waals surface area contributed by atoms with Gasteiger partial charge in [0.25, 0.3) is 11.8 Å². The molecule has 0 saturated heterocycles. The summed E-state index contributed by atoms with van der Waals surface area (Å²) in [5, 5.41) is 7.47. The fourth-order valence-corrected chi connectivity index (χ4v) is 7.48. The number of primary amides is 1. The van der Waals surface area contributed by atoms with E-state index < -0.39 is 82.8 Å². The zero-order chi connectivity index (χ0) is 40.9. The molecule has 0 unspecified atom stereocenters. The van der Waals surface area contributed by atoms with Crippen LogP contribution in [0.1, 0.15) is 59.3 Å². The van der Waals surface area contributed by atoms with Crippen molar-refractivity contribution in [3.8, 4) is 0 Å². The predicted octanol–water partition coefficient (Wildman–Crippen LogP) is 8.56. The SMILES string of the molecule is C[C@@H](c1ccc(C(F)(F)F)cc1)N1C(=O)[C@H](NC(=O)Nc2cccc([C@H](C)N3C(=O)[C@H](NC(N)=O)Cc4ccc(Cl)cc43)c2C(F)(F)F)Cc2ccc(Cl)cc21. The van der Waals surface area contributed by atoms with Gasteiger partial charge in [-0.25, -0.2) is 9.59 Å². The van der Waals surface area contributed by atoms with Gasteiger partial charge in [-0.2, -0.15) is 26.3 Å². The summed E-state index contributed by atoms with van der Waals surface area (Å²) in [6.45, 7) is 2.92. The minimum atomic E-state index is -5.08. The highest BCUT2D eigenvalue weighted by atomic mass is 35.5. The van der Waals surface area contributed by atoms with E-state index in [-0.39, 0.29) is 28.6 Å². The van der Waals surface area contributed by atoms with E-state index >= 15 is 0 Å². The number of benzene rings is 4. The van der Waals surface area contributed by atoms with E-state index in [0.29, 0.717) is 22.4 Å². The Morgan fingerprint density at radius 2 is 1.25 bits per heavy atom. The lowest BCUT2D eigenvalue weighted by Gasteiger charge is -2.39. The van der Waals surface area contributed by atoms with Gasteiger partial charge >= 0.3 is 24.4 Å². The maximum Gasteiger partial charge on any atom is 0.418 e. The van der Waals surface area contributed by atoms with Crippen LogP contribution in [0.15, 0.2) is 78.9 Å². The van der Waals surface area contributed by atoms with Gasteiger partial charge in [-0.05, 0) is 78.6 Å². The molecule has 5 N–H and O–H groups in total. The Labute approximate surface area is 325 Å². The van der Waals surface area contributed by atoms with E-state index in [0.717, 1.165) is 29.2 Å². The Morgan fingerprint density at radius 3 is 1.75 bits per heavy atom. The van der Waals surface area contributed by atoms with Crippen molar-refractivity contribution in [2.75, 3.05) is 15.1 Å². The van der Waals surface area contributed by atoms with Crippen molar-refractivity contribution < 1.29 is 45.5 Å². The van der Waals surface area contributed by atoms with E-state index in [9.17, 15) is 45.5 Å². The van der Waals surface area contributed by atoms with E-state index in [1.54, 1.807) is 25.1 Å². The molecule has 4 aromatic rings. The number of nitrogens with one attached hydrogen (secondary N) is 3. The van der Waals surface area contributed by atoms with Gasteiger partial charge in [0.1, 0.15) is 12.1 Å². The molecule has 2 heterocycles. The van der Waals surface area contributed by atoms with Gasteiger partial charge in [0, 0.05) is 34.3 Å².